The fraction of sp³-hybridized carbons (Fsp3) is 1.00. The number of hydrogen-bond donors (Lipinski definition) is 1. The number of hydrogen-bond acceptors (Lipinski definition) is 3. The van der Waals surface area contributed by atoms with Gasteiger partial charge in [0.1, 0.15) is 0 Å². The molecule has 3 atom stereocenters. The Balaban J connectivity index is 1.98. The monoisotopic (exact) mass is 226 g/mol. The molecule has 0 aromatic heterocycles. The first-order valence-electron chi connectivity index (χ1n) is 6.59. The summed E-state index contributed by atoms with van der Waals surface area (Å²) in [5.41, 5.74) is 6.48. The largest absolute Gasteiger partial charge is 0.381 e. The van der Waals surface area contributed by atoms with E-state index in [-0.39, 0.29) is 0 Å². The Labute approximate surface area is 99.3 Å². The summed E-state index contributed by atoms with van der Waals surface area (Å²) in [4.78, 5) is 2.63. The van der Waals surface area contributed by atoms with Gasteiger partial charge in [0, 0.05) is 32.3 Å². The average molecular weight is 226 g/mol. The van der Waals surface area contributed by atoms with Crippen LogP contribution in [0.1, 0.15) is 39.5 Å². The molecule has 2 rings (SSSR count). The summed E-state index contributed by atoms with van der Waals surface area (Å²) >= 11 is 0. The topological polar surface area (TPSA) is 38.5 Å². The second-order valence-electron chi connectivity index (χ2n) is 5.84. The smallest absolute Gasteiger partial charge is 0.0599 e. The SMILES string of the molecule is COC1CCN(C(C)C2(C)CC2)C(CN)C1. The Morgan fingerprint density at radius 1 is 1.50 bits per heavy atom. The third-order valence-corrected chi connectivity index (χ3v) is 4.86. The summed E-state index contributed by atoms with van der Waals surface area (Å²) in [7, 11) is 1.82. The number of ether oxygens (including phenoxy) is 1. The Morgan fingerprint density at radius 3 is 2.69 bits per heavy atom. The molecule has 16 heavy (non-hydrogen) atoms. The zero-order valence-electron chi connectivity index (χ0n) is 10.9. The molecule has 0 aromatic rings. The number of nitrogens with zero attached hydrogens (tertiary/aromatic N) is 1. The molecule has 0 spiro atoms. The molecule has 2 fully saturated rings. The maximum Gasteiger partial charge on any atom is 0.0599 e. The van der Waals surface area contributed by atoms with E-state index in [0.717, 1.165) is 25.9 Å². The molecule has 0 aromatic carbocycles. The molecule has 0 amide bonds. The number of rotatable bonds is 4. The van der Waals surface area contributed by atoms with E-state index < -0.39 is 0 Å². The Kier molecular flexibility index (Phi) is 3.57. The lowest BCUT2D eigenvalue weighted by molar-refractivity contribution is -0.0134. The highest BCUT2D eigenvalue weighted by atomic mass is 16.5. The summed E-state index contributed by atoms with van der Waals surface area (Å²) in [5.74, 6) is 0. The third kappa shape index (κ3) is 2.27. The summed E-state index contributed by atoms with van der Waals surface area (Å²) in [6.45, 7) is 6.70. The van der Waals surface area contributed by atoms with E-state index in [1.54, 1.807) is 0 Å². The molecule has 0 radical (unpaired) electrons. The van der Waals surface area contributed by atoms with Crippen molar-refractivity contribution >= 4 is 0 Å². The van der Waals surface area contributed by atoms with Crippen LogP contribution in [0.25, 0.3) is 0 Å². The van der Waals surface area contributed by atoms with Crippen molar-refractivity contribution < 1.29 is 4.74 Å². The van der Waals surface area contributed by atoms with Gasteiger partial charge in [0.05, 0.1) is 6.10 Å². The van der Waals surface area contributed by atoms with Gasteiger partial charge in [-0.3, -0.25) is 4.90 Å². The van der Waals surface area contributed by atoms with Crippen LogP contribution in [-0.4, -0.2) is 43.3 Å². The van der Waals surface area contributed by atoms with Gasteiger partial charge in [-0.05, 0) is 38.0 Å². The lowest BCUT2D eigenvalue weighted by atomic mass is 9.91. The van der Waals surface area contributed by atoms with E-state index in [1.165, 1.54) is 12.8 Å². The molecular formula is C13H26N2O. The highest BCUT2D eigenvalue weighted by molar-refractivity contribution is 5.00. The Morgan fingerprint density at radius 2 is 2.19 bits per heavy atom. The molecule has 2 aliphatic rings. The summed E-state index contributed by atoms with van der Waals surface area (Å²) in [5, 5.41) is 0. The molecule has 1 saturated heterocycles. The zero-order chi connectivity index (χ0) is 11.8. The molecule has 3 unspecified atom stereocenters. The second-order valence-corrected chi connectivity index (χ2v) is 5.84. The highest BCUT2D eigenvalue weighted by Gasteiger charge is 2.47. The van der Waals surface area contributed by atoms with Gasteiger partial charge in [-0.2, -0.15) is 0 Å². The van der Waals surface area contributed by atoms with Crippen LogP contribution in [-0.2, 0) is 4.74 Å². The standard InChI is InChI=1S/C13H26N2O/c1-10(13(2)5-6-13)15-7-4-12(16-3)8-11(15)9-14/h10-12H,4-9,14H2,1-3H3. The predicted molar refractivity (Wildman–Crippen MR) is 66.4 cm³/mol. The van der Waals surface area contributed by atoms with Gasteiger partial charge in [0.25, 0.3) is 0 Å². The third-order valence-electron chi connectivity index (χ3n) is 4.86. The van der Waals surface area contributed by atoms with Crippen molar-refractivity contribution in [3.63, 3.8) is 0 Å². The quantitative estimate of drug-likeness (QED) is 0.791. The van der Waals surface area contributed by atoms with E-state index >= 15 is 0 Å². The van der Waals surface area contributed by atoms with Crippen LogP contribution in [0.15, 0.2) is 0 Å². The minimum absolute atomic E-state index is 0.420. The van der Waals surface area contributed by atoms with E-state index in [2.05, 4.69) is 18.7 Å². The minimum Gasteiger partial charge on any atom is -0.381 e. The summed E-state index contributed by atoms with van der Waals surface area (Å²) in [6.07, 6.45) is 5.45. The van der Waals surface area contributed by atoms with Gasteiger partial charge in [-0.1, -0.05) is 6.92 Å². The van der Waals surface area contributed by atoms with Crippen LogP contribution >= 0.6 is 0 Å². The normalized spacial score (nSPS) is 36.0. The van der Waals surface area contributed by atoms with E-state index in [4.69, 9.17) is 10.5 Å². The molecular weight excluding hydrogens is 200 g/mol. The first-order valence-corrected chi connectivity index (χ1v) is 6.59. The highest BCUT2D eigenvalue weighted by Crippen LogP contribution is 2.50. The first-order chi connectivity index (χ1) is 7.60. The van der Waals surface area contributed by atoms with Gasteiger partial charge in [-0.25, -0.2) is 0 Å². The van der Waals surface area contributed by atoms with Gasteiger partial charge < -0.3 is 10.5 Å². The van der Waals surface area contributed by atoms with Crippen LogP contribution in [0.4, 0.5) is 0 Å². The zero-order valence-corrected chi connectivity index (χ0v) is 10.9. The van der Waals surface area contributed by atoms with Gasteiger partial charge >= 0.3 is 0 Å². The van der Waals surface area contributed by atoms with Crippen LogP contribution in [0.5, 0.6) is 0 Å². The number of nitrogens with two attached hydrogens (primary N) is 1. The minimum atomic E-state index is 0.420. The van der Waals surface area contributed by atoms with E-state index in [9.17, 15) is 0 Å². The van der Waals surface area contributed by atoms with Crippen molar-refractivity contribution in [2.75, 3.05) is 20.2 Å². The Bertz CT molecular complexity index is 240. The lowest BCUT2D eigenvalue weighted by Gasteiger charge is -2.44. The van der Waals surface area contributed by atoms with Crippen molar-refractivity contribution in [1.82, 2.24) is 4.90 Å². The van der Waals surface area contributed by atoms with Crippen molar-refractivity contribution in [1.29, 1.82) is 0 Å². The molecule has 1 saturated carbocycles. The molecule has 1 heterocycles. The van der Waals surface area contributed by atoms with E-state index in [1.807, 2.05) is 7.11 Å². The van der Waals surface area contributed by atoms with Crippen molar-refractivity contribution in [3.8, 4) is 0 Å². The van der Waals surface area contributed by atoms with Crippen molar-refractivity contribution in [3.05, 3.63) is 0 Å². The summed E-state index contributed by atoms with van der Waals surface area (Å²) < 4.78 is 5.47. The predicted octanol–water partition coefficient (Wildman–Crippen LogP) is 1.61. The van der Waals surface area contributed by atoms with Gasteiger partial charge in [0.2, 0.25) is 0 Å². The maximum atomic E-state index is 5.91. The van der Waals surface area contributed by atoms with Crippen molar-refractivity contribution in [2.24, 2.45) is 11.1 Å². The molecule has 1 aliphatic carbocycles. The van der Waals surface area contributed by atoms with Crippen LogP contribution < -0.4 is 5.73 Å². The molecule has 1 aliphatic heterocycles. The molecule has 94 valence electrons. The molecule has 2 N–H and O–H groups in total. The number of methoxy groups -OCH3 is 1. The van der Waals surface area contributed by atoms with Gasteiger partial charge in [0.15, 0.2) is 0 Å². The Hall–Kier alpha value is -0.120. The fourth-order valence-electron chi connectivity index (χ4n) is 3.00. The lowest BCUT2D eigenvalue weighted by Crippen LogP contribution is -2.54. The fourth-order valence-corrected chi connectivity index (χ4v) is 3.00. The van der Waals surface area contributed by atoms with Crippen LogP contribution in [0, 0.1) is 5.41 Å². The molecule has 3 heteroatoms. The molecule has 3 nitrogen and oxygen atoms in total. The maximum absolute atomic E-state index is 5.91. The average Bonchev–Trinajstić information content (AvgIpc) is 3.06. The first kappa shape index (κ1) is 12.3. The van der Waals surface area contributed by atoms with Crippen LogP contribution in [0.3, 0.4) is 0 Å². The number of piperidine rings is 1. The number of likely N-dealkylation sites (tertiary alicyclic amines) is 1. The second kappa shape index (κ2) is 4.63. The molecule has 0 bridgehead atoms. The van der Waals surface area contributed by atoms with Crippen molar-refractivity contribution in [2.45, 2.75) is 57.7 Å². The van der Waals surface area contributed by atoms with Crippen LogP contribution in [0.2, 0.25) is 0 Å². The van der Waals surface area contributed by atoms with Gasteiger partial charge in [-0.15, -0.1) is 0 Å². The summed E-state index contributed by atoms with van der Waals surface area (Å²) in [6, 6.07) is 1.20. The van der Waals surface area contributed by atoms with E-state index in [0.29, 0.717) is 23.6 Å².